The molecular weight excluding hydrogens is 150 g/mol. The highest BCUT2D eigenvalue weighted by molar-refractivity contribution is 6.24. The summed E-state index contributed by atoms with van der Waals surface area (Å²) in [6.07, 6.45) is 0.499. The van der Waals surface area contributed by atoms with E-state index < -0.39 is 0 Å². The molecule has 1 unspecified atom stereocenters. The minimum absolute atomic E-state index is 0.0764. The Labute approximate surface area is 66.1 Å². The van der Waals surface area contributed by atoms with Crippen molar-refractivity contribution in [2.45, 2.75) is 38.2 Å². The van der Waals surface area contributed by atoms with Crippen LogP contribution in [0.5, 0.6) is 0 Å². The lowest BCUT2D eigenvalue weighted by Gasteiger charge is -2.46. The zero-order valence-electron chi connectivity index (χ0n) is 6.52. The van der Waals surface area contributed by atoms with Crippen LogP contribution in [0, 0.1) is 0 Å². The Morgan fingerprint density at radius 2 is 2.10 bits per heavy atom. The molecule has 0 bridgehead atoms. The third-order valence-electron chi connectivity index (χ3n) is 1.61. The number of nitrogens with zero attached hydrogens (tertiary/aromatic N) is 1. The summed E-state index contributed by atoms with van der Waals surface area (Å²) < 4.78 is 0. The van der Waals surface area contributed by atoms with Gasteiger partial charge in [0, 0.05) is 5.54 Å². The van der Waals surface area contributed by atoms with E-state index in [1.54, 1.807) is 4.90 Å². The van der Waals surface area contributed by atoms with Crippen LogP contribution in [0.15, 0.2) is 0 Å². The van der Waals surface area contributed by atoms with Gasteiger partial charge in [-0.3, -0.25) is 4.79 Å². The van der Waals surface area contributed by atoms with Gasteiger partial charge in [-0.05, 0) is 20.8 Å². The number of carbonyl (C=O) groups is 1. The van der Waals surface area contributed by atoms with Crippen molar-refractivity contribution in [1.82, 2.24) is 4.90 Å². The first-order chi connectivity index (χ1) is 4.43. The van der Waals surface area contributed by atoms with Gasteiger partial charge in [0.2, 0.25) is 5.91 Å². The Balaban J connectivity index is 2.64. The van der Waals surface area contributed by atoms with E-state index in [2.05, 4.69) is 0 Å². The fraction of sp³-hybridized carbons (Fsp3) is 0.857. The van der Waals surface area contributed by atoms with Crippen molar-refractivity contribution < 1.29 is 4.79 Å². The molecule has 0 saturated carbocycles. The molecule has 1 saturated heterocycles. The van der Waals surface area contributed by atoms with E-state index in [-0.39, 0.29) is 16.9 Å². The molecule has 1 heterocycles. The Hall–Kier alpha value is -0.240. The molecule has 1 amide bonds. The zero-order valence-corrected chi connectivity index (χ0v) is 7.27. The predicted molar refractivity (Wildman–Crippen MR) is 40.9 cm³/mol. The van der Waals surface area contributed by atoms with Crippen LogP contribution in [0.3, 0.4) is 0 Å². The van der Waals surface area contributed by atoms with Crippen LogP contribution in [0.25, 0.3) is 0 Å². The lowest BCUT2D eigenvalue weighted by molar-refractivity contribution is -0.148. The van der Waals surface area contributed by atoms with Gasteiger partial charge < -0.3 is 4.90 Å². The summed E-state index contributed by atoms with van der Waals surface area (Å²) in [6.45, 7) is 5.96. The molecule has 10 heavy (non-hydrogen) atoms. The van der Waals surface area contributed by atoms with Crippen molar-refractivity contribution in [3.05, 3.63) is 0 Å². The molecule has 1 aliphatic heterocycles. The summed E-state index contributed by atoms with van der Waals surface area (Å²) in [5.74, 6) is 0.160. The van der Waals surface area contributed by atoms with Crippen molar-refractivity contribution in [2.24, 2.45) is 0 Å². The summed E-state index contributed by atoms with van der Waals surface area (Å²) in [5, 5.41) is 0. The van der Waals surface area contributed by atoms with E-state index in [0.29, 0.717) is 6.42 Å². The van der Waals surface area contributed by atoms with E-state index in [0.717, 1.165) is 0 Å². The second kappa shape index (κ2) is 2.12. The first-order valence-electron chi connectivity index (χ1n) is 3.39. The van der Waals surface area contributed by atoms with Gasteiger partial charge in [0.05, 0.1) is 6.42 Å². The lowest BCUT2D eigenvalue weighted by Crippen LogP contribution is -2.58. The van der Waals surface area contributed by atoms with Crippen molar-refractivity contribution in [1.29, 1.82) is 0 Å². The molecule has 1 fully saturated rings. The minimum Gasteiger partial charge on any atom is -0.321 e. The number of hydrogen-bond donors (Lipinski definition) is 0. The molecule has 0 aromatic heterocycles. The highest BCUT2D eigenvalue weighted by Gasteiger charge is 2.41. The topological polar surface area (TPSA) is 20.3 Å². The van der Waals surface area contributed by atoms with Gasteiger partial charge in [0.15, 0.2) is 0 Å². The molecule has 1 atom stereocenters. The molecule has 1 rings (SSSR count). The summed E-state index contributed by atoms with van der Waals surface area (Å²) in [6, 6.07) is 0. The average Bonchev–Trinajstić information content (AvgIpc) is 1.58. The summed E-state index contributed by atoms with van der Waals surface area (Å²) >= 11 is 5.80. The smallest absolute Gasteiger partial charge is 0.227 e. The van der Waals surface area contributed by atoms with Gasteiger partial charge in [0.25, 0.3) is 0 Å². The lowest BCUT2D eigenvalue weighted by atomic mass is 10.0. The standard InChI is InChI=1S/C7H12ClNO/c1-7(2,3)9-5(8)4-6(9)10/h5H,4H2,1-3H3. The number of hydrogen-bond acceptors (Lipinski definition) is 1. The third-order valence-corrected chi connectivity index (χ3v) is 1.96. The SMILES string of the molecule is CC(C)(C)N1C(=O)CC1Cl. The summed E-state index contributed by atoms with van der Waals surface area (Å²) in [4.78, 5) is 12.6. The fourth-order valence-corrected chi connectivity index (χ4v) is 1.71. The minimum atomic E-state index is -0.109. The van der Waals surface area contributed by atoms with E-state index in [1.807, 2.05) is 20.8 Å². The maximum Gasteiger partial charge on any atom is 0.227 e. The van der Waals surface area contributed by atoms with Crippen molar-refractivity contribution in [3.63, 3.8) is 0 Å². The van der Waals surface area contributed by atoms with Gasteiger partial charge in [0.1, 0.15) is 5.50 Å². The number of amides is 1. The Morgan fingerprint density at radius 3 is 2.20 bits per heavy atom. The molecular formula is C7H12ClNO. The normalized spacial score (nSPS) is 26.6. The number of rotatable bonds is 0. The highest BCUT2D eigenvalue weighted by Crippen LogP contribution is 2.30. The van der Waals surface area contributed by atoms with Crippen LogP contribution in [-0.4, -0.2) is 21.8 Å². The second-order valence-electron chi connectivity index (χ2n) is 3.57. The van der Waals surface area contributed by atoms with Gasteiger partial charge in [-0.2, -0.15) is 0 Å². The maximum absolute atomic E-state index is 10.9. The van der Waals surface area contributed by atoms with Crippen molar-refractivity contribution in [2.75, 3.05) is 0 Å². The number of alkyl halides is 1. The molecule has 0 spiro atoms. The molecule has 1 aliphatic rings. The molecule has 0 radical (unpaired) electrons. The van der Waals surface area contributed by atoms with Crippen LogP contribution >= 0.6 is 11.6 Å². The van der Waals surface area contributed by atoms with E-state index in [1.165, 1.54) is 0 Å². The van der Waals surface area contributed by atoms with E-state index in [4.69, 9.17) is 11.6 Å². The largest absolute Gasteiger partial charge is 0.321 e. The van der Waals surface area contributed by atoms with Crippen LogP contribution in [0.2, 0.25) is 0 Å². The quantitative estimate of drug-likeness (QED) is 0.300. The molecule has 2 nitrogen and oxygen atoms in total. The Bertz CT molecular complexity index is 161. The van der Waals surface area contributed by atoms with Crippen molar-refractivity contribution in [3.8, 4) is 0 Å². The second-order valence-corrected chi connectivity index (χ2v) is 4.08. The summed E-state index contributed by atoms with van der Waals surface area (Å²) in [7, 11) is 0. The molecule has 0 aromatic carbocycles. The Morgan fingerprint density at radius 1 is 1.60 bits per heavy atom. The summed E-state index contributed by atoms with van der Waals surface area (Å²) in [5.41, 5.74) is -0.186. The molecule has 3 heteroatoms. The number of likely N-dealkylation sites (tertiary alicyclic amines) is 1. The molecule has 58 valence electrons. The number of halogens is 1. The van der Waals surface area contributed by atoms with Gasteiger partial charge >= 0.3 is 0 Å². The van der Waals surface area contributed by atoms with Crippen LogP contribution in [0.4, 0.5) is 0 Å². The highest BCUT2D eigenvalue weighted by atomic mass is 35.5. The zero-order chi connectivity index (χ0) is 7.94. The van der Waals surface area contributed by atoms with Crippen LogP contribution in [0.1, 0.15) is 27.2 Å². The predicted octanol–water partition coefficient (Wildman–Crippen LogP) is 1.58. The van der Waals surface area contributed by atoms with Gasteiger partial charge in [-0.1, -0.05) is 11.6 Å². The van der Waals surface area contributed by atoms with E-state index >= 15 is 0 Å². The van der Waals surface area contributed by atoms with Gasteiger partial charge in [-0.25, -0.2) is 0 Å². The number of carbonyl (C=O) groups excluding carboxylic acids is 1. The molecule has 0 aromatic rings. The number of β-lactam (4-membered cyclic amide) rings is 1. The monoisotopic (exact) mass is 161 g/mol. The van der Waals surface area contributed by atoms with Gasteiger partial charge in [-0.15, -0.1) is 0 Å². The van der Waals surface area contributed by atoms with E-state index in [9.17, 15) is 4.79 Å². The fourth-order valence-electron chi connectivity index (χ4n) is 1.17. The van der Waals surface area contributed by atoms with Crippen LogP contribution < -0.4 is 0 Å². The average molecular weight is 162 g/mol. The first-order valence-corrected chi connectivity index (χ1v) is 3.83. The molecule has 0 aliphatic carbocycles. The third kappa shape index (κ3) is 1.12. The Kier molecular flexibility index (Phi) is 1.67. The first kappa shape index (κ1) is 7.86. The van der Waals surface area contributed by atoms with Crippen LogP contribution in [-0.2, 0) is 4.79 Å². The maximum atomic E-state index is 10.9. The molecule has 0 N–H and O–H groups in total. The van der Waals surface area contributed by atoms with Crippen molar-refractivity contribution >= 4 is 17.5 Å².